The average Bonchev–Trinajstić information content (AvgIpc) is 2.90. The summed E-state index contributed by atoms with van der Waals surface area (Å²) in [6.07, 6.45) is 4.16. The molecule has 2 N–H and O–H groups in total. The molecule has 1 saturated heterocycles. The first-order valence-electron chi connectivity index (χ1n) is 6.90. The van der Waals surface area contributed by atoms with E-state index in [0.29, 0.717) is 5.46 Å². The molecule has 1 aliphatic heterocycles. The van der Waals surface area contributed by atoms with Gasteiger partial charge in [0.05, 0.1) is 0 Å². The molecule has 96 valence electrons. The van der Waals surface area contributed by atoms with Crippen molar-refractivity contribution in [2.45, 2.75) is 25.8 Å². The molecule has 0 aromatic heterocycles. The maximum absolute atomic E-state index is 9.38. The summed E-state index contributed by atoms with van der Waals surface area (Å²) in [6.45, 7) is 3.21. The minimum atomic E-state index is -1.36. The Labute approximate surface area is 109 Å². The van der Waals surface area contributed by atoms with Crippen molar-refractivity contribution in [3.63, 3.8) is 0 Å². The molecule has 0 amide bonds. The third kappa shape index (κ3) is 2.33. The summed E-state index contributed by atoms with van der Waals surface area (Å²) in [4.78, 5) is 2.47. The van der Waals surface area contributed by atoms with Crippen LogP contribution in [0.2, 0.25) is 0 Å². The van der Waals surface area contributed by atoms with E-state index in [-0.39, 0.29) is 0 Å². The van der Waals surface area contributed by atoms with Gasteiger partial charge in [0.25, 0.3) is 0 Å². The molecule has 0 spiro atoms. The molecule has 0 radical (unpaired) electrons. The van der Waals surface area contributed by atoms with Crippen molar-refractivity contribution in [1.29, 1.82) is 0 Å². The highest BCUT2D eigenvalue weighted by atomic mass is 16.4. The minimum Gasteiger partial charge on any atom is -0.423 e. The number of hydrogen-bond donors (Lipinski definition) is 2. The molecule has 3 rings (SSSR count). The lowest BCUT2D eigenvalue weighted by molar-refractivity contribution is 0.303. The number of nitrogens with zero attached hydrogens (tertiary/aromatic N) is 1. The molecule has 2 unspecified atom stereocenters. The molecular formula is C14H20BNO2. The van der Waals surface area contributed by atoms with Gasteiger partial charge in [-0.1, -0.05) is 30.7 Å². The van der Waals surface area contributed by atoms with Gasteiger partial charge < -0.3 is 10.0 Å². The van der Waals surface area contributed by atoms with Crippen molar-refractivity contribution in [2.75, 3.05) is 13.1 Å². The molecule has 1 aliphatic carbocycles. The quantitative estimate of drug-likeness (QED) is 0.766. The van der Waals surface area contributed by atoms with Gasteiger partial charge in [-0.25, -0.2) is 0 Å². The van der Waals surface area contributed by atoms with Crippen LogP contribution in [0.4, 0.5) is 0 Å². The fraction of sp³-hybridized carbons (Fsp3) is 0.571. The van der Waals surface area contributed by atoms with Crippen molar-refractivity contribution in [1.82, 2.24) is 4.90 Å². The van der Waals surface area contributed by atoms with Crippen LogP contribution in [0.25, 0.3) is 0 Å². The Balaban J connectivity index is 1.70. The Hall–Kier alpha value is -0.835. The minimum absolute atomic E-state index is 0.648. The van der Waals surface area contributed by atoms with Crippen molar-refractivity contribution >= 4 is 12.6 Å². The van der Waals surface area contributed by atoms with Crippen LogP contribution < -0.4 is 5.46 Å². The average molecular weight is 245 g/mol. The Morgan fingerprint density at radius 1 is 1.11 bits per heavy atom. The Bertz CT molecular complexity index is 412. The van der Waals surface area contributed by atoms with E-state index >= 15 is 0 Å². The molecule has 3 nitrogen and oxygen atoms in total. The van der Waals surface area contributed by atoms with E-state index in [2.05, 4.69) is 4.90 Å². The van der Waals surface area contributed by atoms with Crippen LogP contribution in [0.3, 0.4) is 0 Å². The maximum atomic E-state index is 9.38. The predicted octanol–water partition coefficient (Wildman–Crippen LogP) is 0.598. The standard InChI is InChI=1S/C14H20BNO2/c17-15(18)14-7-2-1-4-13(14)10-16-8-11-5-3-6-12(11)9-16/h1-2,4,7,11-12,17-18H,3,5-6,8-10H2. The monoisotopic (exact) mass is 245 g/mol. The maximum Gasteiger partial charge on any atom is 0.488 e. The summed E-state index contributed by atoms with van der Waals surface area (Å²) < 4.78 is 0. The molecule has 1 heterocycles. The fourth-order valence-electron chi connectivity index (χ4n) is 3.63. The normalized spacial score (nSPS) is 27.4. The number of likely N-dealkylation sites (tertiary alicyclic amines) is 1. The molecule has 1 aromatic rings. The van der Waals surface area contributed by atoms with E-state index in [1.54, 1.807) is 6.07 Å². The van der Waals surface area contributed by atoms with Gasteiger partial charge in [0.2, 0.25) is 0 Å². The summed E-state index contributed by atoms with van der Waals surface area (Å²) in [5.41, 5.74) is 1.70. The lowest BCUT2D eigenvalue weighted by Crippen LogP contribution is -2.35. The fourth-order valence-corrected chi connectivity index (χ4v) is 3.63. The van der Waals surface area contributed by atoms with E-state index in [1.807, 2.05) is 18.2 Å². The van der Waals surface area contributed by atoms with Crippen LogP contribution in [0.1, 0.15) is 24.8 Å². The molecule has 18 heavy (non-hydrogen) atoms. The summed E-state index contributed by atoms with van der Waals surface area (Å²) >= 11 is 0. The number of benzene rings is 1. The van der Waals surface area contributed by atoms with Crippen molar-refractivity contribution in [3.05, 3.63) is 29.8 Å². The molecule has 2 aliphatic rings. The van der Waals surface area contributed by atoms with Crippen LogP contribution in [-0.2, 0) is 6.54 Å². The SMILES string of the molecule is OB(O)c1ccccc1CN1CC2CCCC2C1. The second-order valence-corrected chi connectivity index (χ2v) is 5.72. The van der Waals surface area contributed by atoms with Crippen molar-refractivity contribution < 1.29 is 10.0 Å². The smallest absolute Gasteiger partial charge is 0.423 e. The molecule has 2 atom stereocenters. The lowest BCUT2D eigenvalue weighted by Gasteiger charge is -2.18. The van der Waals surface area contributed by atoms with Gasteiger partial charge >= 0.3 is 7.12 Å². The third-order valence-electron chi connectivity index (χ3n) is 4.53. The molecule has 4 heteroatoms. The summed E-state index contributed by atoms with van der Waals surface area (Å²) in [5.74, 6) is 1.77. The third-order valence-corrected chi connectivity index (χ3v) is 4.53. The largest absolute Gasteiger partial charge is 0.488 e. The summed E-state index contributed by atoms with van der Waals surface area (Å²) in [6, 6.07) is 7.63. The second kappa shape index (κ2) is 5.04. The van der Waals surface area contributed by atoms with Crippen LogP contribution in [0.15, 0.2) is 24.3 Å². The van der Waals surface area contributed by atoms with E-state index in [1.165, 1.54) is 32.4 Å². The van der Waals surface area contributed by atoms with Crippen LogP contribution in [0, 0.1) is 11.8 Å². The Morgan fingerprint density at radius 3 is 2.44 bits per heavy atom. The zero-order valence-corrected chi connectivity index (χ0v) is 10.6. The number of rotatable bonds is 3. The number of hydrogen-bond acceptors (Lipinski definition) is 3. The van der Waals surface area contributed by atoms with E-state index in [4.69, 9.17) is 0 Å². The summed E-state index contributed by atoms with van der Waals surface area (Å²) in [5, 5.41) is 18.8. The second-order valence-electron chi connectivity index (χ2n) is 5.72. The molecule has 1 aromatic carbocycles. The summed E-state index contributed by atoms with van der Waals surface area (Å²) in [7, 11) is -1.36. The molecular weight excluding hydrogens is 225 g/mol. The first-order chi connectivity index (χ1) is 8.74. The van der Waals surface area contributed by atoms with E-state index < -0.39 is 7.12 Å². The lowest BCUT2D eigenvalue weighted by atomic mass is 9.77. The first-order valence-corrected chi connectivity index (χ1v) is 6.90. The topological polar surface area (TPSA) is 43.7 Å². The zero-order chi connectivity index (χ0) is 12.5. The van der Waals surface area contributed by atoms with Gasteiger partial charge in [0, 0.05) is 19.6 Å². The van der Waals surface area contributed by atoms with E-state index in [0.717, 1.165) is 23.9 Å². The predicted molar refractivity (Wildman–Crippen MR) is 72.4 cm³/mol. The highest BCUT2D eigenvalue weighted by molar-refractivity contribution is 6.59. The van der Waals surface area contributed by atoms with Crippen LogP contribution >= 0.6 is 0 Å². The van der Waals surface area contributed by atoms with Crippen LogP contribution in [-0.4, -0.2) is 35.2 Å². The zero-order valence-electron chi connectivity index (χ0n) is 10.6. The van der Waals surface area contributed by atoms with Gasteiger partial charge in [-0.05, 0) is 35.7 Å². The van der Waals surface area contributed by atoms with Gasteiger partial charge in [0.1, 0.15) is 0 Å². The van der Waals surface area contributed by atoms with E-state index in [9.17, 15) is 10.0 Å². The van der Waals surface area contributed by atoms with Crippen molar-refractivity contribution in [2.24, 2.45) is 11.8 Å². The number of fused-ring (bicyclic) bond motifs is 1. The van der Waals surface area contributed by atoms with Crippen LogP contribution in [0.5, 0.6) is 0 Å². The molecule has 2 fully saturated rings. The van der Waals surface area contributed by atoms with Gasteiger partial charge in [0.15, 0.2) is 0 Å². The Morgan fingerprint density at radius 2 is 1.78 bits per heavy atom. The molecule has 1 saturated carbocycles. The van der Waals surface area contributed by atoms with Crippen molar-refractivity contribution in [3.8, 4) is 0 Å². The van der Waals surface area contributed by atoms with Gasteiger partial charge in [-0.15, -0.1) is 0 Å². The highest BCUT2D eigenvalue weighted by Gasteiger charge is 2.36. The highest BCUT2D eigenvalue weighted by Crippen LogP contribution is 2.38. The van der Waals surface area contributed by atoms with Gasteiger partial charge in [-0.2, -0.15) is 0 Å². The first kappa shape index (κ1) is 12.2. The Kier molecular flexibility index (Phi) is 3.42. The van der Waals surface area contributed by atoms with Gasteiger partial charge in [-0.3, -0.25) is 4.90 Å². The molecule has 0 bridgehead atoms.